The molecule has 0 unspecified atom stereocenters. The first-order valence-corrected chi connectivity index (χ1v) is 8.35. The predicted octanol–water partition coefficient (Wildman–Crippen LogP) is 2.41. The maximum Gasteiger partial charge on any atom is 0.243 e. The molecule has 0 radical (unpaired) electrons. The first-order chi connectivity index (χ1) is 10.0. The van der Waals surface area contributed by atoms with Gasteiger partial charge in [0.1, 0.15) is 6.04 Å². The lowest BCUT2D eigenvalue weighted by Gasteiger charge is -2.29. The third-order valence-corrected chi connectivity index (χ3v) is 6.03. The Hall–Kier alpha value is -1.20. The number of hydrogen-bond donors (Lipinski definition) is 1. The van der Waals surface area contributed by atoms with Crippen molar-refractivity contribution in [1.29, 1.82) is 0 Å². The van der Waals surface area contributed by atoms with Gasteiger partial charge in [-0.2, -0.15) is 0 Å². The van der Waals surface area contributed by atoms with Crippen LogP contribution in [0.2, 0.25) is 5.02 Å². The lowest BCUT2D eigenvalue weighted by atomic mass is 10.2. The van der Waals surface area contributed by atoms with Crippen LogP contribution in [0.1, 0.15) is 25.3 Å². The topological polar surface area (TPSA) is 49.4 Å². The van der Waals surface area contributed by atoms with E-state index in [4.69, 9.17) is 11.6 Å². The zero-order valence-electron chi connectivity index (χ0n) is 11.8. The average Bonchev–Trinajstić information content (AvgIpc) is 2.95. The maximum atomic E-state index is 12.4. The van der Waals surface area contributed by atoms with Crippen LogP contribution in [-0.4, -0.2) is 33.4 Å². The van der Waals surface area contributed by atoms with Gasteiger partial charge in [-0.25, -0.2) is 0 Å². The Balaban J connectivity index is 1.67. The van der Waals surface area contributed by atoms with Crippen LogP contribution >= 0.6 is 23.4 Å². The number of rotatable bonds is 3. The van der Waals surface area contributed by atoms with Crippen molar-refractivity contribution < 1.29 is 9.59 Å². The van der Waals surface area contributed by atoms with Crippen molar-refractivity contribution in [3.05, 3.63) is 34.9 Å². The lowest BCUT2D eigenvalue weighted by molar-refractivity contribution is -0.138. The van der Waals surface area contributed by atoms with Gasteiger partial charge in [0.05, 0.1) is 4.87 Å². The summed E-state index contributed by atoms with van der Waals surface area (Å²) in [6, 6.07) is 7.07. The molecule has 1 aromatic carbocycles. The molecule has 0 spiro atoms. The summed E-state index contributed by atoms with van der Waals surface area (Å²) < 4.78 is 0. The van der Waals surface area contributed by atoms with Gasteiger partial charge >= 0.3 is 0 Å². The van der Waals surface area contributed by atoms with Crippen molar-refractivity contribution in [1.82, 2.24) is 10.2 Å². The molecule has 2 fully saturated rings. The lowest BCUT2D eigenvalue weighted by Crippen LogP contribution is -2.49. The molecule has 6 heteroatoms. The molecule has 0 saturated carbocycles. The van der Waals surface area contributed by atoms with E-state index in [9.17, 15) is 9.59 Å². The molecule has 1 aromatic rings. The molecule has 0 bridgehead atoms. The molecule has 112 valence electrons. The minimum Gasteiger partial charge on any atom is -0.350 e. The van der Waals surface area contributed by atoms with Gasteiger partial charge in [0.2, 0.25) is 11.8 Å². The van der Waals surface area contributed by atoms with E-state index in [1.807, 2.05) is 25.1 Å². The Bertz CT molecular complexity index is 595. The normalized spacial score (nSPS) is 27.8. The fourth-order valence-electron chi connectivity index (χ4n) is 2.96. The molecule has 2 saturated heterocycles. The number of hydrogen-bond acceptors (Lipinski definition) is 3. The predicted molar refractivity (Wildman–Crippen MR) is 84.0 cm³/mol. The third-order valence-electron chi connectivity index (χ3n) is 4.16. The van der Waals surface area contributed by atoms with E-state index in [1.54, 1.807) is 22.7 Å². The first-order valence-electron chi connectivity index (χ1n) is 6.98. The molecule has 2 amide bonds. The number of fused-ring (bicyclic) bond motifs is 1. The van der Waals surface area contributed by atoms with Crippen molar-refractivity contribution in [2.24, 2.45) is 0 Å². The van der Waals surface area contributed by atoms with Crippen LogP contribution in [-0.2, 0) is 16.1 Å². The van der Waals surface area contributed by atoms with Crippen LogP contribution < -0.4 is 5.32 Å². The first kappa shape index (κ1) is 14.7. The van der Waals surface area contributed by atoms with E-state index >= 15 is 0 Å². The zero-order valence-corrected chi connectivity index (χ0v) is 13.3. The zero-order chi connectivity index (χ0) is 15.0. The fourth-order valence-corrected chi connectivity index (χ4v) is 4.59. The minimum absolute atomic E-state index is 0.0837. The highest BCUT2D eigenvalue weighted by Gasteiger charge is 2.52. The summed E-state index contributed by atoms with van der Waals surface area (Å²) in [5.41, 5.74) is 0.883. The maximum absolute atomic E-state index is 12.4. The molecule has 3 rings (SSSR count). The van der Waals surface area contributed by atoms with E-state index in [0.717, 1.165) is 12.0 Å². The number of benzene rings is 1. The minimum atomic E-state index is -0.363. The number of nitrogens with zero attached hydrogens (tertiary/aromatic N) is 1. The molecule has 0 aliphatic carbocycles. The summed E-state index contributed by atoms with van der Waals surface area (Å²) >= 11 is 7.78. The molecule has 2 aliphatic rings. The van der Waals surface area contributed by atoms with Crippen LogP contribution in [0.25, 0.3) is 0 Å². The number of halogens is 1. The van der Waals surface area contributed by atoms with Gasteiger partial charge in [-0.3, -0.25) is 9.59 Å². The smallest absolute Gasteiger partial charge is 0.243 e. The van der Waals surface area contributed by atoms with Gasteiger partial charge in [-0.05, 0) is 25.0 Å². The van der Waals surface area contributed by atoms with Crippen molar-refractivity contribution in [2.45, 2.75) is 37.2 Å². The summed E-state index contributed by atoms with van der Waals surface area (Å²) in [5.74, 6) is 0.651. The van der Waals surface area contributed by atoms with Crippen molar-refractivity contribution in [3.8, 4) is 0 Å². The van der Waals surface area contributed by atoms with Crippen molar-refractivity contribution in [2.75, 3.05) is 5.75 Å². The van der Waals surface area contributed by atoms with Crippen LogP contribution in [0.15, 0.2) is 24.3 Å². The number of thioether (sulfide) groups is 1. The summed E-state index contributed by atoms with van der Waals surface area (Å²) in [6.07, 6.45) is 1.36. The molecule has 2 heterocycles. The van der Waals surface area contributed by atoms with Crippen LogP contribution in [0.4, 0.5) is 0 Å². The second-order valence-corrected chi connectivity index (χ2v) is 7.48. The van der Waals surface area contributed by atoms with Gasteiger partial charge < -0.3 is 10.2 Å². The highest BCUT2D eigenvalue weighted by molar-refractivity contribution is 8.01. The van der Waals surface area contributed by atoms with Gasteiger partial charge in [0.15, 0.2) is 0 Å². The molecule has 21 heavy (non-hydrogen) atoms. The highest BCUT2D eigenvalue weighted by Crippen LogP contribution is 2.47. The molecule has 2 atom stereocenters. The average molecular weight is 325 g/mol. The molecule has 4 nitrogen and oxygen atoms in total. The summed E-state index contributed by atoms with van der Waals surface area (Å²) in [7, 11) is 0. The number of amides is 2. The van der Waals surface area contributed by atoms with Gasteiger partial charge in [-0.15, -0.1) is 11.8 Å². The Labute approximate surface area is 133 Å². The molecule has 2 aliphatic heterocycles. The van der Waals surface area contributed by atoms with E-state index in [0.29, 0.717) is 23.7 Å². The van der Waals surface area contributed by atoms with Crippen LogP contribution in [0.3, 0.4) is 0 Å². The SMILES string of the molecule is C[C@]12CCC(=O)N1[C@@H](C(=O)NCc1ccccc1Cl)CS2. The third kappa shape index (κ3) is 2.64. The van der Waals surface area contributed by atoms with Crippen molar-refractivity contribution >= 4 is 35.2 Å². The monoisotopic (exact) mass is 324 g/mol. The summed E-state index contributed by atoms with van der Waals surface area (Å²) in [5, 5.41) is 3.54. The van der Waals surface area contributed by atoms with Gasteiger partial charge in [-0.1, -0.05) is 29.8 Å². The Morgan fingerprint density at radius 2 is 2.29 bits per heavy atom. The summed E-state index contributed by atoms with van der Waals surface area (Å²) in [4.78, 5) is 26.0. The second-order valence-electron chi connectivity index (χ2n) is 5.57. The Morgan fingerprint density at radius 1 is 1.52 bits per heavy atom. The largest absolute Gasteiger partial charge is 0.350 e. The molecular formula is C15H17ClN2O2S. The second kappa shape index (κ2) is 5.54. The van der Waals surface area contributed by atoms with E-state index < -0.39 is 0 Å². The summed E-state index contributed by atoms with van der Waals surface area (Å²) in [6.45, 7) is 2.43. The molecule has 1 N–H and O–H groups in total. The Kier molecular flexibility index (Phi) is 3.88. The van der Waals surface area contributed by atoms with Crippen LogP contribution in [0.5, 0.6) is 0 Å². The number of carbonyl (C=O) groups is 2. The number of carbonyl (C=O) groups excluding carboxylic acids is 2. The fraction of sp³-hybridized carbons (Fsp3) is 0.467. The highest BCUT2D eigenvalue weighted by atomic mass is 35.5. The van der Waals surface area contributed by atoms with Gasteiger partial charge in [0, 0.05) is 23.7 Å². The molecular weight excluding hydrogens is 308 g/mol. The van der Waals surface area contributed by atoms with E-state index in [2.05, 4.69) is 5.32 Å². The van der Waals surface area contributed by atoms with Crippen LogP contribution in [0, 0.1) is 0 Å². The molecule has 0 aromatic heterocycles. The van der Waals surface area contributed by atoms with Gasteiger partial charge in [0.25, 0.3) is 0 Å². The number of nitrogens with one attached hydrogen (secondary N) is 1. The van der Waals surface area contributed by atoms with Crippen molar-refractivity contribution in [3.63, 3.8) is 0 Å². The van der Waals surface area contributed by atoms with E-state index in [-0.39, 0.29) is 22.7 Å². The Morgan fingerprint density at radius 3 is 3.05 bits per heavy atom. The standard InChI is InChI=1S/C15H17ClN2O2S/c1-15-7-6-13(19)18(15)12(9-21-15)14(20)17-8-10-4-2-3-5-11(10)16/h2-5,12H,6-9H2,1H3,(H,17,20)/t12-,15+/m1/s1. The van der Waals surface area contributed by atoms with E-state index in [1.165, 1.54) is 0 Å². The quantitative estimate of drug-likeness (QED) is 0.929.